The number of likely N-dealkylation sites (N-methyl/N-ethyl adjacent to an activating group) is 1. The van der Waals surface area contributed by atoms with Crippen LogP contribution in [0.1, 0.15) is 12.0 Å². The largest absolute Gasteiger partial charge is 0.382 e. The smallest absolute Gasteiger partial charge is 0.0991 e. The Morgan fingerprint density at radius 3 is 2.85 bits per heavy atom. The zero-order chi connectivity index (χ0) is 14.4. The minimum absolute atomic E-state index is 0.113. The molecule has 3 atom stereocenters. The molecule has 2 rings (SSSR count). The van der Waals surface area contributed by atoms with E-state index in [1.165, 1.54) is 5.56 Å². The van der Waals surface area contributed by atoms with Crippen molar-refractivity contribution in [3.8, 4) is 0 Å². The van der Waals surface area contributed by atoms with Crippen molar-refractivity contribution < 1.29 is 14.2 Å². The van der Waals surface area contributed by atoms with Gasteiger partial charge in [-0.1, -0.05) is 28.1 Å². The molecule has 1 aromatic carbocycles. The lowest BCUT2D eigenvalue weighted by atomic mass is 9.85. The van der Waals surface area contributed by atoms with Crippen LogP contribution >= 0.6 is 15.9 Å². The van der Waals surface area contributed by atoms with E-state index in [0.29, 0.717) is 25.9 Å². The molecular formula is C15H22BrNO3. The zero-order valence-corrected chi connectivity index (χ0v) is 13.6. The third-order valence-electron chi connectivity index (χ3n) is 3.57. The highest BCUT2D eigenvalue weighted by Crippen LogP contribution is 2.28. The number of methoxy groups -OCH3 is 1. The molecule has 4 nitrogen and oxygen atoms in total. The van der Waals surface area contributed by atoms with Crippen molar-refractivity contribution in [3.63, 3.8) is 0 Å². The standard InChI is InChI=1S/C15H22BrNO3/c1-17-13-9-14(15(13)19-7-6-18-2)20-10-11-4-3-5-12(16)8-11/h3-5,8,13-15,17H,6-7,9-10H2,1-2H3. The number of ether oxygens (including phenoxy) is 3. The average molecular weight is 344 g/mol. The molecule has 1 saturated carbocycles. The molecule has 0 amide bonds. The second-order valence-corrected chi connectivity index (χ2v) is 5.85. The van der Waals surface area contributed by atoms with Crippen molar-refractivity contribution in [3.05, 3.63) is 34.3 Å². The summed E-state index contributed by atoms with van der Waals surface area (Å²) in [6.45, 7) is 1.84. The van der Waals surface area contributed by atoms with Gasteiger partial charge in [0.05, 0.1) is 32.0 Å². The molecule has 0 radical (unpaired) electrons. The molecule has 5 heteroatoms. The van der Waals surface area contributed by atoms with Crippen LogP contribution in [-0.2, 0) is 20.8 Å². The lowest BCUT2D eigenvalue weighted by molar-refractivity contribution is -0.155. The minimum Gasteiger partial charge on any atom is -0.382 e. The lowest BCUT2D eigenvalue weighted by Gasteiger charge is -2.43. The number of hydrogen-bond acceptors (Lipinski definition) is 4. The van der Waals surface area contributed by atoms with Crippen LogP contribution in [0.4, 0.5) is 0 Å². The first-order valence-corrected chi connectivity index (χ1v) is 7.67. The molecule has 1 N–H and O–H groups in total. The molecule has 20 heavy (non-hydrogen) atoms. The average Bonchev–Trinajstić information content (AvgIpc) is 2.43. The molecule has 0 spiro atoms. The summed E-state index contributed by atoms with van der Waals surface area (Å²) in [5.41, 5.74) is 1.17. The Morgan fingerprint density at radius 2 is 2.15 bits per heavy atom. The minimum atomic E-state index is 0.113. The molecule has 1 aliphatic rings. The van der Waals surface area contributed by atoms with Crippen LogP contribution in [0.5, 0.6) is 0 Å². The summed E-state index contributed by atoms with van der Waals surface area (Å²) >= 11 is 3.47. The predicted octanol–water partition coefficient (Wildman–Crippen LogP) is 2.36. The van der Waals surface area contributed by atoms with E-state index in [-0.39, 0.29) is 12.2 Å². The fourth-order valence-electron chi connectivity index (χ4n) is 2.35. The van der Waals surface area contributed by atoms with Gasteiger partial charge in [0.2, 0.25) is 0 Å². The van der Waals surface area contributed by atoms with Gasteiger partial charge in [-0.15, -0.1) is 0 Å². The Labute approximate surface area is 128 Å². The summed E-state index contributed by atoms with van der Waals surface area (Å²) in [6, 6.07) is 8.56. The third kappa shape index (κ3) is 4.27. The van der Waals surface area contributed by atoms with E-state index in [4.69, 9.17) is 14.2 Å². The van der Waals surface area contributed by atoms with Gasteiger partial charge in [-0.25, -0.2) is 0 Å². The summed E-state index contributed by atoms with van der Waals surface area (Å²) in [4.78, 5) is 0. The van der Waals surface area contributed by atoms with Gasteiger partial charge in [0.15, 0.2) is 0 Å². The third-order valence-corrected chi connectivity index (χ3v) is 4.06. The normalized spacial score (nSPS) is 25.4. The summed E-state index contributed by atoms with van der Waals surface area (Å²) in [5, 5.41) is 3.26. The first-order valence-electron chi connectivity index (χ1n) is 6.88. The van der Waals surface area contributed by atoms with E-state index >= 15 is 0 Å². The van der Waals surface area contributed by atoms with Crippen molar-refractivity contribution in [2.45, 2.75) is 31.3 Å². The molecule has 1 fully saturated rings. The number of benzene rings is 1. The number of rotatable bonds is 8. The van der Waals surface area contributed by atoms with Gasteiger partial charge in [0, 0.05) is 17.6 Å². The maximum absolute atomic E-state index is 5.97. The molecule has 0 aliphatic heterocycles. The molecule has 0 aromatic heterocycles. The van der Waals surface area contributed by atoms with Crippen LogP contribution in [0, 0.1) is 0 Å². The SMILES string of the molecule is CNC1CC(OCc2cccc(Br)c2)C1OCCOC. The molecular weight excluding hydrogens is 322 g/mol. The van der Waals surface area contributed by atoms with Crippen molar-refractivity contribution in [1.82, 2.24) is 5.32 Å². The molecule has 0 bridgehead atoms. The Balaban J connectivity index is 1.79. The molecule has 0 heterocycles. The fourth-order valence-corrected chi connectivity index (χ4v) is 2.79. The fraction of sp³-hybridized carbons (Fsp3) is 0.600. The van der Waals surface area contributed by atoms with Crippen LogP contribution in [-0.4, -0.2) is 45.6 Å². The summed E-state index contributed by atoms with van der Waals surface area (Å²) in [6.07, 6.45) is 1.26. The Morgan fingerprint density at radius 1 is 1.30 bits per heavy atom. The summed E-state index contributed by atoms with van der Waals surface area (Å²) in [5.74, 6) is 0. The second kappa shape index (κ2) is 8.10. The van der Waals surface area contributed by atoms with Crippen molar-refractivity contribution >= 4 is 15.9 Å². The van der Waals surface area contributed by atoms with Gasteiger partial charge in [0.1, 0.15) is 0 Å². The molecule has 0 saturated heterocycles. The van der Waals surface area contributed by atoms with Crippen LogP contribution in [0.15, 0.2) is 28.7 Å². The van der Waals surface area contributed by atoms with Crippen molar-refractivity contribution in [1.29, 1.82) is 0 Å². The summed E-state index contributed by atoms with van der Waals surface area (Å²) < 4.78 is 17.9. The first kappa shape index (κ1) is 15.9. The maximum atomic E-state index is 5.97. The molecule has 1 aliphatic carbocycles. The molecule has 112 valence electrons. The van der Waals surface area contributed by atoms with Crippen LogP contribution in [0.25, 0.3) is 0 Å². The number of nitrogens with one attached hydrogen (secondary N) is 1. The highest BCUT2D eigenvalue weighted by Gasteiger charge is 2.41. The lowest BCUT2D eigenvalue weighted by Crippen LogP contribution is -2.59. The number of halogens is 1. The van der Waals surface area contributed by atoms with E-state index in [9.17, 15) is 0 Å². The van der Waals surface area contributed by atoms with E-state index in [0.717, 1.165) is 10.9 Å². The van der Waals surface area contributed by atoms with Crippen molar-refractivity contribution in [2.75, 3.05) is 27.4 Å². The Bertz CT molecular complexity index is 416. The van der Waals surface area contributed by atoms with Gasteiger partial charge in [-0.05, 0) is 31.2 Å². The van der Waals surface area contributed by atoms with E-state index in [2.05, 4.69) is 33.4 Å². The molecule has 3 unspecified atom stereocenters. The second-order valence-electron chi connectivity index (χ2n) is 4.94. The van der Waals surface area contributed by atoms with Gasteiger partial charge < -0.3 is 19.5 Å². The molecule has 1 aromatic rings. The van der Waals surface area contributed by atoms with Gasteiger partial charge in [-0.3, -0.25) is 0 Å². The zero-order valence-electron chi connectivity index (χ0n) is 12.0. The van der Waals surface area contributed by atoms with E-state index in [1.54, 1.807) is 7.11 Å². The maximum Gasteiger partial charge on any atom is 0.0991 e. The van der Waals surface area contributed by atoms with Gasteiger partial charge in [-0.2, -0.15) is 0 Å². The van der Waals surface area contributed by atoms with E-state index < -0.39 is 0 Å². The van der Waals surface area contributed by atoms with Crippen LogP contribution < -0.4 is 5.32 Å². The monoisotopic (exact) mass is 343 g/mol. The number of hydrogen-bond donors (Lipinski definition) is 1. The Hall–Kier alpha value is -0.460. The van der Waals surface area contributed by atoms with Crippen LogP contribution in [0.3, 0.4) is 0 Å². The van der Waals surface area contributed by atoms with Gasteiger partial charge >= 0.3 is 0 Å². The van der Waals surface area contributed by atoms with Gasteiger partial charge in [0.25, 0.3) is 0 Å². The van der Waals surface area contributed by atoms with Crippen LogP contribution in [0.2, 0.25) is 0 Å². The topological polar surface area (TPSA) is 39.7 Å². The summed E-state index contributed by atoms with van der Waals surface area (Å²) in [7, 11) is 3.64. The highest BCUT2D eigenvalue weighted by molar-refractivity contribution is 9.10. The highest BCUT2D eigenvalue weighted by atomic mass is 79.9. The first-order chi connectivity index (χ1) is 9.74. The quantitative estimate of drug-likeness (QED) is 0.735. The van der Waals surface area contributed by atoms with Crippen molar-refractivity contribution in [2.24, 2.45) is 0 Å². The van der Waals surface area contributed by atoms with E-state index in [1.807, 2.05) is 19.2 Å². The Kier molecular flexibility index (Phi) is 6.45. The predicted molar refractivity (Wildman–Crippen MR) is 81.8 cm³/mol.